The first-order valence-corrected chi connectivity index (χ1v) is 17.1. The van der Waals surface area contributed by atoms with E-state index in [-0.39, 0.29) is 0 Å². The molecule has 9 rings (SSSR count). The van der Waals surface area contributed by atoms with E-state index in [9.17, 15) is 0 Å². The highest BCUT2D eigenvalue weighted by Gasteiger charge is 2.31. The molecule has 7 aromatic rings. The molecule has 0 saturated heterocycles. The third kappa shape index (κ3) is 5.20. The molecule has 9 nitrogen and oxygen atoms in total. The predicted molar refractivity (Wildman–Crippen MR) is 207 cm³/mol. The fourth-order valence-corrected chi connectivity index (χ4v) is 7.76. The number of amidine groups is 1. The molecule has 244 valence electrons. The van der Waals surface area contributed by atoms with Gasteiger partial charge in [-0.3, -0.25) is 4.99 Å². The van der Waals surface area contributed by atoms with E-state index in [4.69, 9.17) is 4.74 Å². The van der Waals surface area contributed by atoms with Gasteiger partial charge in [0.2, 0.25) is 0 Å². The smallest absolute Gasteiger partial charge is 0.163 e. The average Bonchev–Trinajstić information content (AvgIpc) is 3.19. The van der Waals surface area contributed by atoms with Crippen LogP contribution >= 0.6 is 11.8 Å². The van der Waals surface area contributed by atoms with Crippen LogP contribution in [0.4, 0.5) is 34.1 Å². The summed E-state index contributed by atoms with van der Waals surface area (Å²) < 4.78 is 6.46. The molecule has 0 unspecified atom stereocenters. The lowest BCUT2D eigenvalue weighted by Gasteiger charge is -2.36. The van der Waals surface area contributed by atoms with Gasteiger partial charge in [-0.15, -0.1) is 0 Å². The van der Waals surface area contributed by atoms with Gasteiger partial charge in [0.15, 0.2) is 23.2 Å². The molecule has 0 spiro atoms. The van der Waals surface area contributed by atoms with Crippen molar-refractivity contribution in [1.82, 2.24) is 15.0 Å². The molecule has 0 amide bonds. The Kier molecular flexibility index (Phi) is 7.55. The van der Waals surface area contributed by atoms with Gasteiger partial charge < -0.3 is 14.5 Å². The van der Waals surface area contributed by atoms with E-state index in [0.717, 1.165) is 67.5 Å². The minimum absolute atomic E-state index is 0.423. The quantitative estimate of drug-likeness (QED) is 0.132. The fraction of sp³-hybridized carbons (Fsp3) is 0.0244. The van der Waals surface area contributed by atoms with Crippen molar-refractivity contribution in [2.45, 2.75) is 9.79 Å². The van der Waals surface area contributed by atoms with Crippen LogP contribution in [0, 0.1) is 0 Å². The van der Waals surface area contributed by atoms with E-state index in [1.807, 2.05) is 42.5 Å². The fourth-order valence-electron chi connectivity index (χ4n) is 6.70. The Morgan fingerprint density at radius 3 is 1.92 bits per heavy atom. The molecule has 6 aromatic carbocycles. The molecule has 10 heteroatoms. The molecule has 1 aromatic heterocycles. The minimum Gasteiger partial charge on any atom is -0.453 e. The average molecular weight is 681 g/mol. The van der Waals surface area contributed by atoms with Crippen molar-refractivity contribution in [3.63, 3.8) is 0 Å². The van der Waals surface area contributed by atoms with E-state index < -0.39 is 0 Å². The second-order valence-electron chi connectivity index (χ2n) is 11.8. The van der Waals surface area contributed by atoms with Gasteiger partial charge in [0, 0.05) is 39.0 Å². The van der Waals surface area contributed by atoms with Gasteiger partial charge in [0.1, 0.15) is 19.0 Å². The molecule has 0 saturated carbocycles. The number of aromatic nitrogens is 3. The van der Waals surface area contributed by atoms with Gasteiger partial charge in [-0.05, 0) is 84.9 Å². The predicted octanol–water partition coefficient (Wildman–Crippen LogP) is 10.3. The van der Waals surface area contributed by atoms with E-state index >= 15 is 0 Å². The number of hydrogen-bond donors (Lipinski definition) is 0. The first-order chi connectivity index (χ1) is 25.2. The number of fused-ring (bicyclic) bond motifs is 5. The van der Waals surface area contributed by atoms with Gasteiger partial charge in [0.25, 0.3) is 0 Å². The van der Waals surface area contributed by atoms with Crippen molar-refractivity contribution in [3.05, 3.63) is 140 Å². The van der Waals surface area contributed by atoms with Crippen LogP contribution in [-0.2, 0) is 0 Å². The summed E-state index contributed by atoms with van der Waals surface area (Å²) in [5.41, 5.74) is 7.42. The summed E-state index contributed by atoms with van der Waals surface area (Å²) in [6.07, 6.45) is 4.50. The highest BCUT2D eigenvalue weighted by molar-refractivity contribution is 7.99. The monoisotopic (exact) mass is 680 g/mol. The van der Waals surface area contributed by atoms with Crippen LogP contribution < -0.4 is 14.5 Å². The maximum absolute atomic E-state index is 6.46. The number of nitrogens with zero attached hydrogens (tertiary/aromatic N) is 8. The second-order valence-corrected chi connectivity index (χ2v) is 12.9. The molecule has 0 aliphatic carbocycles. The van der Waals surface area contributed by atoms with Crippen LogP contribution in [0.1, 0.15) is 5.56 Å². The standard InChI is InChI=1S/C41H28N8OS/c1-42-23-45-40(43-2)26-19-29-28(30(20-26)41-46-24-44-25-47-41)21-27(48-33-13-5-9-17-38(33)51-39-18-10-6-14-34(39)48)22-35(29)49-31-11-3-7-15-36(31)50-37-16-8-4-12-32(37)49/h3-25H,2H2,1H3/b42-23-,45-40-. The minimum atomic E-state index is 0.423. The number of para-hydroxylation sites is 6. The van der Waals surface area contributed by atoms with Crippen molar-refractivity contribution in [2.75, 3.05) is 16.8 Å². The lowest BCUT2D eigenvalue weighted by atomic mass is 9.95. The Bertz CT molecular complexity index is 2460. The zero-order chi connectivity index (χ0) is 34.3. The van der Waals surface area contributed by atoms with Gasteiger partial charge in [-0.2, -0.15) is 0 Å². The zero-order valence-electron chi connectivity index (χ0n) is 27.4. The van der Waals surface area contributed by atoms with Crippen LogP contribution in [-0.4, -0.2) is 40.9 Å². The molecule has 3 heterocycles. The number of aliphatic imine (C=N–C) groups is 3. The summed E-state index contributed by atoms with van der Waals surface area (Å²) in [6, 6.07) is 41.8. The summed E-state index contributed by atoms with van der Waals surface area (Å²) in [5.74, 6) is 2.45. The molecule has 0 N–H and O–H groups in total. The summed E-state index contributed by atoms with van der Waals surface area (Å²) in [4.78, 5) is 33.2. The Balaban J connectivity index is 1.43. The van der Waals surface area contributed by atoms with Crippen LogP contribution in [0.15, 0.2) is 159 Å². The Hall–Kier alpha value is -6.65. The normalized spacial score (nSPS) is 13.3. The summed E-state index contributed by atoms with van der Waals surface area (Å²) in [5, 5.41) is 1.86. The number of benzene rings is 6. The van der Waals surface area contributed by atoms with E-state index in [1.165, 1.54) is 28.8 Å². The van der Waals surface area contributed by atoms with Gasteiger partial charge in [0.05, 0.1) is 28.4 Å². The van der Waals surface area contributed by atoms with E-state index in [2.05, 4.69) is 125 Å². The van der Waals surface area contributed by atoms with Crippen molar-refractivity contribution in [3.8, 4) is 22.9 Å². The highest BCUT2D eigenvalue weighted by Crippen LogP contribution is 2.56. The van der Waals surface area contributed by atoms with E-state index in [0.29, 0.717) is 11.7 Å². The van der Waals surface area contributed by atoms with Gasteiger partial charge in [-0.1, -0.05) is 60.3 Å². The molecule has 2 aliphatic rings. The SMILES string of the molecule is C=N/C(=N\C=N/C)c1cc(-c2ncncn2)c2cc(N3c4ccccc4Sc4ccccc43)cc(N3c4ccccc4Oc4ccccc43)c2c1. The first-order valence-electron chi connectivity index (χ1n) is 16.2. The van der Waals surface area contributed by atoms with Crippen LogP contribution in [0.5, 0.6) is 11.5 Å². The zero-order valence-corrected chi connectivity index (χ0v) is 28.2. The first kappa shape index (κ1) is 30.4. The number of hydrogen-bond acceptors (Lipinski definition) is 8. The summed E-state index contributed by atoms with van der Waals surface area (Å²) in [7, 11) is 1.67. The highest BCUT2D eigenvalue weighted by atomic mass is 32.2. The van der Waals surface area contributed by atoms with Crippen LogP contribution in [0.2, 0.25) is 0 Å². The third-order valence-corrected chi connectivity index (χ3v) is 9.96. The second kappa shape index (κ2) is 12.7. The van der Waals surface area contributed by atoms with Crippen molar-refractivity contribution in [1.29, 1.82) is 0 Å². The molecule has 51 heavy (non-hydrogen) atoms. The third-order valence-electron chi connectivity index (χ3n) is 8.83. The Labute approximate surface area is 298 Å². The maximum atomic E-state index is 6.46. The molecule has 0 fully saturated rings. The molecule has 0 atom stereocenters. The Morgan fingerprint density at radius 2 is 1.29 bits per heavy atom. The largest absolute Gasteiger partial charge is 0.453 e. The molecule has 2 aliphatic heterocycles. The van der Waals surface area contributed by atoms with Gasteiger partial charge >= 0.3 is 0 Å². The molecular weight excluding hydrogens is 653 g/mol. The van der Waals surface area contributed by atoms with E-state index in [1.54, 1.807) is 18.8 Å². The topological polar surface area (TPSA) is 91.5 Å². The van der Waals surface area contributed by atoms with Crippen molar-refractivity contribution < 1.29 is 4.74 Å². The molecular formula is C41H28N8OS. The Morgan fingerprint density at radius 1 is 0.686 bits per heavy atom. The summed E-state index contributed by atoms with van der Waals surface area (Å²) in [6.45, 7) is 3.84. The summed E-state index contributed by atoms with van der Waals surface area (Å²) >= 11 is 1.78. The lowest BCUT2D eigenvalue weighted by Crippen LogP contribution is -2.18. The number of anilines is 6. The maximum Gasteiger partial charge on any atom is 0.163 e. The molecule has 0 bridgehead atoms. The van der Waals surface area contributed by atoms with Crippen LogP contribution in [0.25, 0.3) is 22.2 Å². The van der Waals surface area contributed by atoms with Gasteiger partial charge in [-0.25, -0.2) is 24.9 Å². The molecule has 0 radical (unpaired) electrons. The van der Waals surface area contributed by atoms with Crippen molar-refractivity contribution >= 4 is 75.6 Å². The number of ether oxygens (including phenoxy) is 1. The van der Waals surface area contributed by atoms with Crippen LogP contribution in [0.3, 0.4) is 0 Å². The lowest BCUT2D eigenvalue weighted by molar-refractivity contribution is 0.477. The van der Waals surface area contributed by atoms with Crippen molar-refractivity contribution in [2.24, 2.45) is 15.0 Å². The number of rotatable bonds is 5.